The first kappa shape index (κ1) is 21.9. The summed E-state index contributed by atoms with van der Waals surface area (Å²) in [5.74, 6) is -0.265. The Morgan fingerprint density at radius 3 is 2.65 bits per heavy atom. The lowest BCUT2D eigenvalue weighted by molar-refractivity contribution is -0.116. The first-order chi connectivity index (χ1) is 14.8. The van der Waals surface area contributed by atoms with Crippen LogP contribution in [0.25, 0.3) is 0 Å². The predicted octanol–water partition coefficient (Wildman–Crippen LogP) is 3.53. The second-order valence-electron chi connectivity index (χ2n) is 9.04. The van der Waals surface area contributed by atoms with Gasteiger partial charge in [-0.05, 0) is 74.0 Å². The molecule has 5 nitrogen and oxygen atoms in total. The van der Waals surface area contributed by atoms with Crippen LogP contribution in [0.15, 0.2) is 42.5 Å². The molecule has 0 saturated carbocycles. The lowest BCUT2D eigenvalue weighted by Crippen LogP contribution is -2.33. The molecule has 0 radical (unpaired) electrons. The number of benzene rings is 2. The van der Waals surface area contributed by atoms with Crippen LogP contribution in [-0.4, -0.2) is 46.7 Å². The number of β-amino-alcohol motifs (C(OH)–C–C–N with tert-alkyl or cyclic N) is 1. The molecule has 3 atom stereocenters. The summed E-state index contributed by atoms with van der Waals surface area (Å²) in [6.07, 6.45) is 2.12. The zero-order chi connectivity index (χ0) is 22.2. The van der Waals surface area contributed by atoms with Crippen molar-refractivity contribution in [1.29, 1.82) is 0 Å². The van der Waals surface area contributed by atoms with Gasteiger partial charge in [0.2, 0.25) is 5.91 Å². The zero-order valence-electron chi connectivity index (χ0n) is 18.2. The molecule has 166 valence electrons. The highest BCUT2D eigenvalue weighted by atomic mass is 19.1. The third-order valence-corrected chi connectivity index (χ3v) is 6.76. The highest BCUT2D eigenvalue weighted by Crippen LogP contribution is 2.35. The van der Waals surface area contributed by atoms with E-state index in [-0.39, 0.29) is 17.8 Å². The highest BCUT2D eigenvalue weighted by Gasteiger charge is 2.33. The van der Waals surface area contributed by atoms with Gasteiger partial charge in [-0.25, -0.2) is 4.39 Å². The number of amides is 1. The number of likely N-dealkylation sites (tertiary alicyclic amines) is 1. The number of hydrogen-bond donors (Lipinski definition) is 2. The summed E-state index contributed by atoms with van der Waals surface area (Å²) >= 11 is 0. The van der Waals surface area contributed by atoms with Crippen LogP contribution in [0.4, 0.5) is 10.1 Å². The van der Waals surface area contributed by atoms with E-state index in [0.717, 1.165) is 41.8 Å². The molecule has 2 heterocycles. The van der Waals surface area contributed by atoms with E-state index < -0.39 is 11.7 Å². The summed E-state index contributed by atoms with van der Waals surface area (Å²) in [5.41, 5.74) is 2.68. The summed E-state index contributed by atoms with van der Waals surface area (Å²) in [6.45, 7) is 5.56. The van der Waals surface area contributed by atoms with Crippen molar-refractivity contribution in [3.63, 3.8) is 0 Å². The smallest absolute Gasteiger partial charge is 0.224 e. The summed E-state index contributed by atoms with van der Waals surface area (Å²) < 4.78 is 13.3. The van der Waals surface area contributed by atoms with Crippen LogP contribution < -0.4 is 4.90 Å². The number of aliphatic hydroxyl groups is 2. The van der Waals surface area contributed by atoms with Gasteiger partial charge in [0.25, 0.3) is 0 Å². The van der Waals surface area contributed by atoms with Gasteiger partial charge in [0, 0.05) is 31.7 Å². The second-order valence-corrected chi connectivity index (χ2v) is 9.04. The molecule has 2 aliphatic heterocycles. The van der Waals surface area contributed by atoms with Crippen LogP contribution >= 0.6 is 0 Å². The third kappa shape index (κ3) is 4.52. The molecule has 4 rings (SSSR count). The van der Waals surface area contributed by atoms with Crippen molar-refractivity contribution in [1.82, 2.24) is 4.90 Å². The molecule has 0 aromatic heterocycles. The van der Waals surface area contributed by atoms with Gasteiger partial charge in [-0.3, -0.25) is 4.79 Å². The summed E-state index contributed by atoms with van der Waals surface area (Å²) in [4.78, 5) is 15.9. The minimum absolute atomic E-state index is 0.0396. The predicted molar refractivity (Wildman–Crippen MR) is 118 cm³/mol. The maximum absolute atomic E-state index is 13.3. The number of carbonyl (C=O) groups excluding carboxylic acids is 1. The summed E-state index contributed by atoms with van der Waals surface area (Å²) in [6, 6.07) is 12.1. The molecule has 6 heteroatoms. The Morgan fingerprint density at radius 2 is 1.94 bits per heavy atom. The van der Waals surface area contributed by atoms with Gasteiger partial charge in [0.05, 0.1) is 11.7 Å². The number of anilines is 1. The molecular formula is C25H31FN2O3. The quantitative estimate of drug-likeness (QED) is 0.785. The van der Waals surface area contributed by atoms with Crippen molar-refractivity contribution in [2.75, 3.05) is 24.5 Å². The molecule has 1 saturated heterocycles. The van der Waals surface area contributed by atoms with Crippen molar-refractivity contribution in [2.24, 2.45) is 0 Å². The average molecular weight is 427 g/mol. The fraction of sp³-hybridized carbons (Fsp3) is 0.480. The fourth-order valence-corrected chi connectivity index (χ4v) is 5.09. The van der Waals surface area contributed by atoms with Crippen molar-refractivity contribution >= 4 is 11.6 Å². The topological polar surface area (TPSA) is 64.0 Å². The number of rotatable bonds is 4. The maximum Gasteiger partial charge on any atom is 0.224 e. The van der Waals surface area contributed by atoms with E-state index in [1.807, 2.05) is 30.0 Å². The summed E-state index contributed by atoms with van der Waals surface area (Å²) in [5, 5.41) is 22.0. The SMILES string of the molecule is CC(=O)N1c2ccc([C@H](O)CN3CCC[C@](O)(c4ccc(F)cc4)CC3)cc2C[C@@H]1C. The molecule has 0 unspecified atom stereocenters. The Balaban J connectivity index is 1.42. The maximum atomic E-state index is 13.3. The molecule has 0 bridgehead atoms. The van der Waals surface area contributed by atoms with Crippen LogP contribution in [0.2, 0.25) is 0 Å². The first-order valence-corrected chi connectivity index (χ1v) is 11.1. The normalized spacial score (nSPS) is 25.2. The van der Waals surface area contributed by atoms with Crippen molar-refractivity contribution in [3.05, 3.63) is 65.0 Å². The minimum Gasteiger partial charge on any atom is -0.387 e. The molecule has 2 N–H and O–H groups in total. The van der Waals surface area contributed by atoms with Gasteiger partial charge in [0.15, 0.2) is 0 Å². The fourth-order valence-electron chi connectivity index (χ4n) is 5.09. The lowest BCUT2D eigenvalue weighted by Gasteiger charge is -2.28. The molecule has 0 spiro atoms. The molecule has 1 amide bonds. The number of hydrogen-bond acceptors (Lipinski definition) is 4. The first-order valence-electron chi connectivity index (χ1n) is 11.1. The van der Waals surface area contributed by atoms with Crippen molar-refractivity contribution in [3.8, 4) is 0 Å². The van der Waals surface area contributed by atoms with E-state index in [1.54, 1.807) is 19.1 Å². The van der Waals surface area contributed by atoms with E-state index in [2.05, 4.69) is 4.90 Å². The van der Waals surface area contributed by atoms with Crippen LogP contribution in [0.1, 0.15) is 55.9 Å². The summed E-state index contributed by atoms with van der Waals surface area (Å²) in [7, 11) is 0. The molecule has 2 aromatic rings. The standard InChI is InChI=1S/C25H31FN2O3/c1-17-14-20-15-19(4-9-23(20)28(17)18(2)29)24(30)16-27-12-3-10-25(31,11-13-27)21-5-7-22(26)8-6-21/h4-9,15,17,24,30-31H,3,10-14,16H2,1-2H3/t17-,24+,25+/m0/s1. The minimum atomic E-state index is -0.965. The Hall–Kier alpha value is -2.28. The van der Waals surface area contributed by atoms with Gasteiger partial charge in [0.1, 0.15) is 5.82 Å². The molecular weight excluding hydrogens is 395 g/mol. The Labute approximate surface area is 183 Å². The van der Waals surface area contributed by atoms with Gasteiger partial charge < -0.3 is 20.0 Å². The van der Waals surface area contributed by atoms with Crippen LogP contribution in [0.3, 0.4) is 0 Å². The molecule has 1 fully saturated rings. The van der Waals surface area contributed by atoms with E-state index >= 15 is 0 Å². The highest BCUT2D eigenvalue weighted by molar-refractivity contribution is 5.94. The largest absolute Gasteiger partial charge is 0.387 e. The Bertz CT molecular complexity index is 948. The van der Waals surface area contributed by atoms with Crippen LogP contribution in [-0.2, 0) is 16.8 Å². The number of halogens is 1. The van der Waals surface area contributed by atoms with Gasteiger partial charge >= 0.3 is 0 Å². The zero-order valence-corrected chi connectivity index (χ0v) is 18.2. The van der Waals surface area contributed by atoms with Crippen LogP contribution in [0, 0.1) is 5.82 Å². The van der Waals surface area contributed by atoms with Gasteiger partial charge in [-0.1, -0.05) is 24.3 Å². The van der Waals surface area contributed by atoms with E-state index in [9.17, 15) is 19.4 Å². The average Bonchev–Trinajstić information content (AvgIpc) is 2.95. The van der Waals surface area contributed by atoms with Gasteiger partial charge in [-0.2, -0.15) is 0 Å². The Kier molecular flexibility index (Phi) is 6.15. The second kappa shape index (κ2) is 8.69. The third-order valence-electron chi connectivity index (χ3n) is 6.76. The Morgan fingerprint density at radius 1 is 1.19 bits per heavy atom. The van der Waals surface area contributed by atoms with E-state index in [4.69, 9.17) is 0 Å². The van der Waals surface area contributed by atoms with Crippen molar-refractivity contribution in [2.45, 2.75) is 57.3 Å². The van der Waals surface area contributed by atoms with Gasteiger partial charge in [-0.15, -0.1) is 0 Å². The molecule has 2 aromatic carbocycles. The lowest BCUT2D eigenvalue weighted by atomic mass is 9.87. The number of fused-ring (bicyclic) bond motifs is 1. The van der Waals surface area contributed by atoms with E-state index in [0.29, 0.717) is 25.9 Å². The van der Waals surface area contributed by atoms with Crippen LogP contribution in [0.5, 0.6) is 0 Å². The molecule has 31 heavy (non-hydrogen) atoms. The number of aliphatic hydroxyl groups excluding tert-OH is 1. The number of nitrogens with zero attached hydrogens (tertiary/aromatic N) is 2. The number of carbonyl (C=O) groups is 1. The monoisotopic (exact) mass is 426 g/mol. The molecule has 2 aliphatic rings. The van der Waals surface area contributed by atoms with Crippen molar-refractivity contribution < 1.29 is 19.4 Å². The molecule has 0 aliphatic carbocycles. The van der Waals surface area contributed by atoms with E-state index in [1.165, 1.54) is 12.1 Å².